The maximum absolute atomic E-state index is 5.84. The van der Waals surface area contributed by atoms with Gasteiger partial charge in [-0.15, -0.1) is 0 Å². The lowest BCUT2D eigenvalue weighted by atomic mass is 10.1. The number of rotatable bonds is 3. The number of hydrogen-bond acceptors (Lipinski definition) is 5. The van der Waals surface area contributed by atoms with Gasteiger partial charge in [0.2, 0.25) is 0 Å². The Morgan fingerprint density at radius 1 is 1.20 bits per heavy atom. The lowest BCUT2D eigenvalue weighted by Crippen LogP contribution is -1.94. The molecule has 3 aromatic rings. The maximum Gasteiger partial charge on any atom is 0.278 e. The van der Waals surface area contributed by atoms with E-state index < -0.39 is 0 Å². The van der Waals surface area contributed by atoms with Crippen LogP contribution in [0.4, 0.5) is 5.69 Å². The highest BCUT2D eigenvalue weighted by molar-refractivity contribution is 5.65. The van der Waals surface area contributed by atoms with Gasteiger partial charge in [-0.3, -0.25) is 0 Å². The summed E-state index contributed by atoms with van der Waals surface area (Å²) in [4.78, 5) is 8.51. The normalized spacial score (nSPS) is 10.7. The van der Waals surface area contributed by atoms with Crippen LogP contribution in [0.25, 0.3) is 11.6 Å². The van der Waals surface area contributed by atoms with E-state index in [1.165, 1.54) is 5.56 Å². The Kier molecular flexibility index (Phi) is 3.16. The highest BCUT2D eigenvalue weighted by Gasteiger charge is 2.13. The van der Waals surface area contributed by atoms with Gasteiger partial charge in [0.05, 0.1) is 5.69 Å². The van der Waals surface area contributed by atoms with Crippen molar-refractivity contribution >= 4 is 5.69 Å². The first-order valence-corrected chi connectivity index (χ1v) is 6.31. The van der Waals surface area contributed by atoms with Crippen LogP contribution in [0.3, 0.4) is 0 Å². The second-order valence-corrected chi connectivity index (χ2v) is 4.62. The summed E-state index contributed by atoms with van der Waals surface area (Å²) in [6, 6.07) is 11.7. The molecule has 2 aromatic heterocycles. The number of pyridine rings is 1. The van der Waals surface area contributed by atoms with Gasteiger partial charge in [-0.05, 0) is 24.6 Å². The van der Waals surface area contributed by atoms with Crippen LogP contribution in [0.2, 0.25) is 0 Å². The first-order chi connectivity index (χ1) is 9.72. The van der Waals surface area contributed by atoms with Crippen molar-refractivity contribution < 1.29 is 4.52 Å². The molecule has 2 heterocycles. The summed E-state index contributed by atoms with van der Waals surface area (Å²) in [5.74, 6) is 0.974. The fourth-order valence-corrected chi connectivity index (χ4v) is 2.02. The fraction of sp³-hybridized carbons (Fsp3) is 0.133. The van der Waals surface area contributed by atoms with E-state index >= 15 is 0 Å². The number of anilines is 1. The van der Waals surface area contributed by atoms with Crippen LogP contribution in [0, 0.1) is 6.92 Å². The minimum absolute atomic E-state index is 0.353. The molecule has 0 aliphatic carbocycles. The first-order valence-electron chi connectivity index (χ1n) is 6.31. The van der Waals surface area contributed by atoms with E-state index in [4.69, 9.17) is 10.3 Å². The van der Waals surface area contributed by atoms with Gasteiger partial charge >= 0.3 is 0 Å². The molecule has 0 atom stereocenters. The molecule has 0 aliphatic heterocycles. The molecule has 0 unspecified atom stereocenters. The van der Waals surface area contributed by atoms with Crippen molar-refractivity contribution in [3.05, 3.63) is 59.5 Å². The first kappa shape index (κ1) is 12.3. The van der Waals surface area contributed by atoms with Gasteiger partial charge in [-0.25, -0.2) is 4.98 Å². The molecule has 0 aliphatic rings. The Labute approximate surface area is 116 Å². The summed E-state index contributed by atoms with van der Waals surface area (Å²) in [6.45, 7) is 2.06. The summed E-state index contributed by atoms with van der Waals surface area (Å²) in [5, 5.41) is 3.98. The van der Waals surface area contributed by atoms with Crippen LogP contribution in [-0.2, 0) is 6.42 Å². The van der Waals surface area contributed by atoms with Gasteiger partial charge < -0.3 is 10.3 Å². The largest absolute Gasteiger partial charge is 0.397 e. The SMILES string of the molecule is Cc1cccc(Cc2noc(-c3ncccc3N)n2)c1. The van der Waals surface area contributed by atoms with E-state index in [1.807, 2.05) is 12.1 Å². The summed E-state index contributed by atoms with van der Waals surface area (Å²) < 4.78 is 5.23. The molecule has 5 heteroatoms. The zero-order valence-corrected chi connectivity index (χ0v) is 11.1. The molecule has 0 spiro atoms. The number of benzene rings is 1. The minimum atomic E-state index is 0.353. The van der Waals surface area contributed by atoms with Gasteiger partial charge in [0, 0.05) is 12.6 Å². The number of aromatic nitrogens is 3. The average Bonchev–Trinajstić information content (AvgIpc) is 2.87. The van der Waals surface area contributed by atoms with Crippen molar-refractivity contribution in [1.82, 2.24) is 15.1 Å². The van der Waals surface area contributed by atoms with E-state index in [0.29, 0.717) is 29.5 Å². The van der Waals surface area contributed by atoms with Crippen molar-refractivity contribution in [3.63, 3.8) is 0 Å². The molecule has 3 rings (SSSR count). The van der Waals surface area contributed by atoms with Gasteiger partial charge in [0.1, 0.15) is 0 Å². The van der Waals surface area contributed by atoms with Crippen LogP contribution in [0.1, 0.15) is 17.0 Å². The van der Waals surface area contributed by atoms with Crippen LogP contribution in [-0.4, -0.2) is 15.1 Å². The zero-order valence-electron chi connectivity index (χ0n) is 11.1. The van der Waals surface area contributed by atoms with Crippen LogP contribution >= 0.6 is 0 Å². The zero-order chi connectivity index (χ0) is 13.9. The van der Waals surface area contributed by atoms with Crippen molar-refractivity contribution in [3.8, 4) is 11.6 Å². The van der Waals surface area contributed by atoms with Crippen molar-refractivity contribution in [2.45, 2.75) is 13.3 Å². The Hall–Kier alpha value is -2.69. The van der Waals surface area contributed by atoms with E-state index in [-0.39, 0.29) is 0 Å². The third-order valence-electron chi connectivity index (χ3n) is 2.95. The number of aryl methyl sites for hydroxylation is 1. The number of nitrogen functional groups attached to an aromatic ring is 1. The molecule has 0 saturated heterocycles. The maximum atomic E-state index is 5.84. The smallest absolute Gasteiger partial charge is 0.278 e. The number of hydrogen-bond donors (Lipinski definition) is 1. The third-order valence-corrected chi connectivity index (χ3v) is 2.95. The lowest BCUT2D eigenvalue weighted by Gasteiger charge is -1.98. The van der Waals surface area contributed by atoms with E-state index in [0.717, 1.165) is 5.56 Å². The molecule has 5 nitrogen and oxygen atoms in total. The second-order valence-electron chi connectivity index (χ2n) is 4.62. The molecule has 0 amide bonds. The number of nitrogens with two attached hydrogens (primary N) is 1. The predicted octanol–water partition coefficient (Wildman–Crippen LogP) is 2.61. The molecular weight excluding hydrogens is 252 g/mol. The van der Waals surface area contributed by atoms with E-state index in [1.54, 1.807) is 18.3 Å². The van der Waals surface area contributed by atoms with Crippen molar-refractivity contribution in [2.75, 3.05) is 5.73 Å². The van der Waals surface area contributed by atoms with Gasteiger partial charge in [0.25, 0.3) is 5.89 Å². The quantitative estimate of drug-likeness (QED) is 0.788. The molecule has 0 bridgehead atoms. The van der Waals surface area contributed by atoms with E-state index in [2.05, 4.69) is 34.2 Å². The highest BCUT2D eigenvalue weighted by Crippen LogP contribution is 2.21. The van der Waals surface area contributed by atoms with Gasteiger partial charge in [-0.1, -0.05) is 35.0 Å². The predicted molar refractivity (Wildman–Crippen MR) is 75.9 cm³/mol. The number of nitrogens with zero attached hydrogens (tertiary/aromatic N) is 3. The van der Waals surface area contributed by atoms with Gasteiger partial charge in [0.15, 0.2) is 11.5 Å². The average molecular weight is 266 g/mol. The topological polar surface area (TPSA) is 77.8 Å². The lowest BCUT2D eigenvalue weighted by molar-refractivity contribution is 0.423. The van der Waals surface area contributed by atoms with Gasteiger partial charge in [-0.2, -0.15) is 4.98 Å². The van der Waals surface area contributed by atoms with Crippen molar-refractivity contribution in [2.24, 2.45) is 0 Å². The fourth-order valence-electron chi connectivity index (χ4n) is 2.02. The minimum Gasteiger partial charge on any atom is -0.397 e. The summed E-state index contributed by atoms with van der Waals surface area (Å²) in [5.41, 5.74) is 9.25. The molecule has 2 N–H and O–H groups in total. The summed E-state index contributed by atoms with van der Waals surface area (Å²) in [7, 11) is 0. The molecule has 0 radical (unpaired) electrons. The second kappa shape index (κ2) is 5.13. The van der Waals surface area contributed by atoms with E-state index in [9.17, 15) is 0 Å². The molecular formula is C15H14N4O. The summed E-state index contributed by atoms with van der Waals surface area (Å²) >= 11 is 0. The Balaban J connectivity index is 1.86. The van der Waals surface area contributed by atoms with Crippen LogP contribution < -0.4 is 5.73 Å². The monoisotopic (exact) mass is 266 g/mol. The molecule has 100 valence electrons. The molecule has 1 aromatic carbocycles. The molecule has 0 fully saturated rings. The molecule has 20 heavy (non-hydrogen) atoms. The Bertz CT molecular complexity index is 736. The highest BCUT2D eigenvalue weighted by atomic mass is 16.5. The summed E-state index contributed by atoms with van der Waals surface area (Å²) in [6.07, 6.45) is 2.27. The van der Waals surface area contributed by atoms with Crippen LogP contribution in [0.15, 0.2) is 47.1 Å². The third kappa shape index (κ3) is 2.51. The van der Waals surface area contributed by atoms with Crippen molar-refractivity contribution in [1.29, 1.82) is 0 Å². The Morgan fingerprint density at radius 2 is 2.10 bits per heavy atom. The standard InChI is InChI=1S/C15H14N4O/c1-10-4-2-5-11(8-10)9-13-18-15(20-19-13)14-12(16)6-3-7-17-14/h2-8H,9,16H2,1H3. The molecule has 0 saturated carbocycles. The van der Waals surface area contributed by atoms with Crippen LogP contribution in [0.5, 0.6) is 0 Å². The Morgan fingerprint density at radius 3 is 2.90 bits per heavy atom.